The number of nitrogens with zero attached hydrogens (tertiary/aromatic N) is 4. The molecule has 1 N–H and O–H groups in total. The lowest BCUT2D eigenvalue weighted by molar-refractivity contribution is -0.0231. The van der Waals surface area contributed by atoms with Crippen LogP contribution in [0.3, 0.4) is 0 Å². The molecule has 8 heteroatoms. The van der Waals surface area contributed by atoms with Gasteiger partial charge < -0.3 is 19.5 Å². The Morgan fingerprint density at radius 3 is 2.76 bits per heavy atom. The molecule has 156 valence electrons. The topological polar surface area (TPSA) is 89.7 Å². The zero-order valence-electron chi connectivity index (χ0n) is 17.1. The summed E-state index contributed by atoms with van der Waals surface area (Å²) in [6.07, 6.45) is 0.629. The highest BCUT2D eigenvalue weighted by atomic mass is 16.5. The summed E-state index contributed by atoms with van der Waals surface area (Å²) in [5.74, 6) is 2.71. The molecule has 0 amide bonds. The summed E-state index contributed by atoms with van der Waals surface area (Å²) in [4.78, 5) is 18.6. The number of carbonyl (C=O) groups excluding carboxylic acids is 1. The monoisotopic (exact) mass is 400 g/mol. The summed E-state index contributed by atoms with van der Waals surface area (Å²) in [5.41, 5.74) is 0.439. The van der Waals surface area contributed by atoms with Crippen LogP contribution in [0.2, 0.25) is 0 Å². The molecule has 1 aliphatic carbocycles. The highest BCUT2D eigenvalue weighted by Gasteiger charge is 2.43. The Hall–Kier alpha value is -2.61. The lowest BCUT2D eigenvalue weighted by atomic mass is 9.78. The maximum Gasteiger partial charge on any atom is 0.337 e. The Bertz CT molecular complexity index is 883. The smallest absolute Gasteiger partial charge is 0.337 e. The van der Waals surface area contributed by atoms with Crippen LogP contribution in [0.1, 0.15) is 35.9 Å². The number of hydrogen-bond donors (Lipinski definition) is 1. The van der Waals surface area contributed by atoms with Gasteiger partial charge in [0.2, 0.25) is 5.95 Å². The molecular weight excluding hydrogens is 372 g/mol. The number of carbonyl (C=O) groups is 1. The van der Waals surface area contributed by atoms with Gasteiger partial charge in [-0.25, -0.2) is 9.48 Å². The van der Waals surface area contributed by atoms with Crippen LogP contribution < -0.4 is 9.64 Å². The minimum absolute atomic E-state index is 0.296. The zero-order chi connectivity index (χ0) is 20.5. The molecule has 4 atom stereocenters. The number of methoxy groups -OCH3 is 1. The van der Waals surface area contributed by atoms with Gasteiger partial charge in [-0.2, -0.15) is 10.1 Å². The van der Waals surface area contributed by atoms with E-state index in [9.17, 15) is 9.90 Å². The first-order valence-corrected chi connectivity index (χ1v) is 10.2. The standard InChI is InChI=1S/C21H28N4O4/c1-4-25-21(22-13(2)23-25)24-11-15-9-18(26)19(10-16(15)12-24)29-17-7-5-6-14(8-17)20(27)28-3/h5-8,15-16,18-19,26H,4,9-12H2,1-3H3/t15-,16+,18+,19+/m0/s1. The molecule has 1 aromatic heterocycles. The lowest BCUT2D eigenvalue weighted by Crippen LogP contribution is -2.42. The molecule has 29 heavy (non-hydrogen) atoms. The summed E-state index contributed by atoms with van der Waals surface area (Å²) in [6, 6.07) is 6.92. The van der Waals surface area contributed by atoms with Gasteiger partial charge in [-0.15, -0.1) is 0 Å². The maximum atomic E-state index is 11.8. The van der Waals surface area contributed by atoms with Crippen molar-refractivity contribution in [3.8, 4) is 5.75 Å². The molecule has 2 aromatic rings. The lowest BCUT2D eigenvalue weighted by Gasteiger charge is -2.35. The van der Waals surface area contributed by atoms with Crippen LogP contribution in [0, 0.1) is 18.8 Å². The van der Waals surface area contributed by atoms with E-state index in [-0.39, 0.29) is 6.10 Å². The Morgan fingerprint density at radius 1 is 1.28 bits per heavy atom. The van der Waals surface area contributed by atoms with E-state index in [1.807, 2.05) is 11.6 Å². The quantitative estimate of drug-likeness (QED) is 0.768. The average molecular weight is 400 g/mol. The van der Waals surface area contributed by atoms with Crippen LogP contribution in [-0.2, 0) is 11.3 Å². The van der Waals surface area contributed by atoms with Gasteiger partial charge in [0, 0.05) is 19.6 Å². The van der Waals surface area contributed by atoms with Crippen molar-refractivity contribution in [2.45, 2.75) is 45.4 Å². The van der Waals surface area contributed by atoms with Crippen LogP contribution in [0.4, 0.5) is 5.95 Å². The summed E-state index contributed by atoms with van der Waals surface area (Å²) >= 11 is 0. The third-order valence-corrected chi connectivity index (χ3v) is 5.97. The second-order valence-electron chi connectivity index (χ2n) is 7.91. The van der Waals surface area contributed by atoms with Crippen LogP contribution in [0.15, 0.2) is 24.3 Å². The molecule has 1 aromatic carbocycles. The summed E-state index contributed by atoms with van der Waals surface area (Å²) in [7, 11) is 1.35. The van der Waals surface area contributed by atoms with Crippen molar-refractivity contribution >= 4 is 11.9 Å². The highest BCUT2D eigenvalue weighted by molar-refractivity contribution is 5.89. The number of aromatic nitrogens is 3. The largest absolute Gasteiger partial charge is 0.488 e. The first-order valence-electron chi connectivity index (χ1n) is 10.2. The number of aliphatic hydroxyl groups is 1. The van der Waals surface area contributed by atoms with E-state index in [1.165, 1.54) is 7.11 Å². The number of esters is 1. The molecule has 0 spiro atoms. The molecule has 2 heterocycles. The van der Waals surface area contributed by atoms with Gasteiger partial charge in [0.25, 0.3) is 0 Å². The molecule has 0 unspecified atom stereocenters. The number of hydrogen-bond acceptors (Lipinski definition) is 7. The molecule has 0 bridgehead atoms. The highest BCUT2D eigenvalue weighted by Crippen LogP contribution is 2.39. The van der Waals surface area contributed by atoms with Gasteiger partial charge >= 0.3 is 5.97 Å². The second-order valence-corrected chi connectivity index (χ2v) is 7.91. The number of aryl methyl sites for hydroxylation is 2. The molecule has 8 nitrogen and oxygen atoms in total. The van der Waals surface area contributed by atoms with Crippen molar-refractivity contribution in [2.75, 3.05) is 25.1 Å². The number of rotatable bonds is 5. The minimum atomic E-state index is -0.538. The van der Waals surface area contributed by atoms with Crippen LogP contribution in [0.5, 0.6) is 5.75 Å². The fourth-order valence-corrected chi connectivity index (χ4v) is 4.56. The van der Waals surface area contributed by atoms with E-state index in [2.05, 4.69) is 21.9 Å². The fraction of sp³-hybridized carbons (Fsp3) is 0.571. The third kappa shape index (κ3) is 3.94. The van der Waals surface area contributed by atoms with Crippen molar-refractivity contribution in [3.63, 3.8) is 0 Å². The molecule has 1 saturated heterocycles. The molecule has 2 fully saturated rings. The van der Waals surface area contributed by atoms with E-state index in [1.54, 1.807) is 24.3 Å². The summed E-state index contributed by atoms with van der Waals surface area (Å²) in [5, 5.41) is 15.2. The van der Waals surface area contributed by atoms with Crippen molar-refractivity contribution < 1.29 is 19.4 Å². The Morgan fingerprint density at radius 2 is 2.03 bits per heavy atom. The SMILES string of the molecule is CCn1nc(C)nc1N1C[C@H]2C[C@@H](Oc3cccc(C(=O)OC)c3)[C@H](O)C[C@H]2C1. The predicted octanol–water partition coefficient (Wildman–Crippen LogP) is 2.05. The minimum Gasteiger partial charge on any atom is -0.488 e. The Kier molecular flexibility index (Phi) is 5.45. The predicted molar refractivity (Wildman–Crippen MR) is 107 cm³/mol. The fourth-order valence-electron chi connectivity index (χ4n) is 4.56. The number of benzene rings is 1. The van der Waals surface area contributed by atoms with Gasteiger partial charge in [-0.3, -0.25) is 0 Å². The molecule has 1 aliphatic heterocycles. The maximum absolute atomic E-state index is 11.8. The number of anilines is 1. The van der Waals surface area contributed by atoms with Gasteiger partial charge in [0.15, 0.2) is 0 Å². The van der Waals surface area contributed by atoms with Crippen LogP contribution in [-0.4, -0.2) is 58.2 Å². The first-order chi connectivity index (χ1) is 14.0. The van der Waals surface area contributed by atoms with Gasteiger partial charge in [-0.05, 0) is 56.7 Å². The van der Waals surface area contributed by atoms with E-state index in [0.29, 0.717) is 29.6 Å². The van der Waals surface area contributed by atoms with Crippen molar-refractivity contribution in [2.24, 2.45) is 11.8 Å². The van der Waals surface area contributed by atoms with Crippen LogP contribution >= 0.6 is 0 Å². The van der Waals surface area contributed by atoms with Gasteiger partial charge in [-0.1, -0.05) is 6.07 Å². The van der Waals surface area contributed by atoms with E-state index in [0.717, 1.165) is 37.8 Å². The van der Waals surface area contributed by atoms with Crippen LogP contribution in [0.25, 0.3) is 0 Å². The normalized spacial score (nSPS) is 26.3. The number of aliphatic hydroxyl groups excluding tert-OH is 1. The van der Waals surface area contributed by atoms with E-state index < -0.39 is 12.1 Å². The zero-order valence-corrected chi connectivity index (χ0v) is 17.1. The molecule has 4 rings (SSSR count). The summed E-state index contributed by atoms with van der Waals surface area (Å²) in [6.45, 7) is 6.53. The van der Waals surface area contributed by atoms with E-state index >= 15 is 0 Å². The van der Waals surface area contributed by atoms with E-state index in [4.69, 9.17) is 9.47 Å². The second kappa shape index (κ2) is 8.02. The number of fused-ring (bicyclic) bond motifs is 1. The summed E-state index contributed by atoms with van der Waals surface area (Å²) < 4.78 is 12.8. The third-order valence-electron chi connectivity index (χ3n) is 5.97. The molecule has 1 saturated carbocycles. The molecule has 0 radical (unpaired) electrons. The Labute approximate surface area is 170 Å². The molecule has 2 aliphatic rings. The van der Waals surface area contributed by atoms with Crippen molar-refractivity contribution in [1.29, 1.82) is 0 Å². The van der Waals surface area contributed by atoms with Gasteiger partial charge in [0.05, 0.1) is 18.8 Å². The van der Waals surface area contributed by atoms with Crippen molar-refractivity contribution in [1.82, 2.24) is 14.8 Å². The number of ether oxygens (including phenoxy) is 2. The first kappa shape index (κ1) is 19.7. The average Bonchev–Trinajstić information content (AvgIpc) is 3.30. The molecular formula is C21H28N4O4. The Balaban J connectivity index is 1.45. The van der Waals surface area contributed by atoms with Crippen molar-refractivity contribution in [3.05, 3.63) is 35.7 Å². The van der Waals surface area contributed by atoms with Gasteiger partial charge in [0.1, 0.15) is 17.7 Å².